The molecule has 0 spiro atoms. The maximum absolute atomic E-state index is 5.74. The van der Waals surface area contributed by atoms with E-state index in [1.54, 1.807) is 24.2 Å². The van der Waals surface area contributed by atoms with Gasteiger partial charge in [-0.25, -0.2) is 4.40 Å². The first-order valence-corrected chi connectivity index (χ1v) is 8.26. The molecule has 22 heavy (non-hydrogen) atoms. The summed E-state index contributed by atoms with van der Waals surface area (Å²) in [6.45, 7) is 8.66. The van der Waals surface area contributed by atoms with Gasteiger partial charge in [-0.1, -0.05) is 5.16 Å². The molecule has 0 atom stereocenters. The largest absolute Gasteiger partial charge is 0.376 e. The van der Waals surface area contributed by atoms with E-state index in [-0.39, 0.29) is 4.75 Å². The van der Waals surface area contributed by atoms with Gasteiger partial charge in [0, 0.05) is 30.1 Å². The molecule has 1 aliphatic rings. The van der Waals surface area contributed by atoms with E-state index >= 15 is 0 Å². The number of aromatic nitrogens is 1. The first-order valence-electron chi connectivity index (χ1n) is 7.48. The van der Waals surface area contributed by atoms with Gasteiger partial charge in [0.05, 0.1) is 19.8 Å². The van der Waals surface area contributed by atoms with Crippen molar-refractivity contribution in [1.82, 2.24) is 5.16 Å². The molecule has 0 saturated carbocycles. The van der Waals surface area contributed by atoms with Crippen LogP contribution in [-0.2, 0) is 20.0 Å². The Morgan fingerprint density at radius 1 is 1.41 bits per heavy atom. The first kappa shape index (κ1) is 17.5. The van der Waals surface area contributed by atoms with Crippen LogP contribution in [0.15, 0.2) is 21.3 Å². The smallest absolute Gasteiger partial charge is 0.215 e. The van der Waals surface area contributed by atoms with E-state index in [0.29, 0.717) is 38.5 Å². The Hall–Kier alpha value is -0.890. The molecular formula is C15H24N2O4S. The van der Waals surface area contributed by atoms with Gasteiger partial charge in [-0.05, 0) is 39.1 Å². The van der Waals surface area contributed by atoms with Gasteiger partial charge in [0.15, 0.2) is 0 Å². The monoisotopic (exact) mass is 328 g/mol. The highest BCUT2D eigenvalue weighted by molar-refractivity contribution is 7.99. The lowest BCUT2D eigenvalue weighted by atomic mass is 10.1. The van der Waals surface area contributed by atoms with E-state index in [0.717, 1.165) is 6.42 Å². The summed E-state index contributed by atoms with van der Waals surface area (Å²) in [6.07, 6.45) is 4.83. The van der Waals surface area contributed by atoms with Crippen molar-refractivity contribution in [2.45, 2.75) is 44.1 Å². The van der Waals surface area contributed by atoms with Crippen molar-refractivity contribution in [3.63, 3.8) is 0 Å². The summed E-state index contributed by atoms with van der Waals surface area (Å²) in [6, 6.07) is 1.78. The van der Waals surface area contributed by atoms with Gasteiger partial charge in [-0.2, -0.15) is 0 Å². The van der Waals surface area contributed by atoms with E-state index in [2.05, 4.69) is 30.3 Å². The minimum atomic E-state index is -0.771. The minimum absolute atomic E-state index is 0.137. The quantitative estimate of drug-likeness (QED) is 0.415. The summed E-state index contributed by atoms with van der Waals surface area (Å²) in [5.74, 6) is -0.771. The summed E-state index contributed by atoms with van der Waals surface area (Å²) in [4.78, 5) is 0. The lowest BCUT2D eigenvalue weighted by Gasteiger charge is -2.24. The lowest BCUT2D eigenvalue weighted by molar-refractivity contribution is -0.177. The Balaban J connectivity index is 1.65. The molecule has 0 N–H and O–H groups in total. The van der Waals surface area contributed by atoms with Gasteiger partial charge in [0.1, 0.15) is 12.0 Å². The molecule has 6 nitrogen and oxygen atoms in total. The van der Waals surface area contributed by atoms with E-state index in [9.17, 15) is 0 Å². The second kappa shape index (κ2) is 8.10. The van der Waals surface area contributed by atoms with Gasteiger partial charge < -0.3 is 18.7 Å². The number of rotatable bonds is 8. The van der Waals surface area contributed by atoms with Crippen LogP contribution in [0.1, 0.15) is 39.3 Å². The average molecular weight is 328 g/mol. The molecule has 0 amide bonds. The Morgan fingerprint density at radius 3 is 2.82 bits per heavy atom. The molecule has 0 aromatic carbocycles. The van der Waals surface area contributed by atoms with Crippen molar-refractivity contribution in [3.8, 4) is 0 Å². The molecule has 2 rings (SSSR count). The van der Waals surface area contributed by atoms with E-state index in [1.165, 1.54) is 6.26 Å². The second-order valence-electron chi connectivity index (χ2n) is 6.00. The Labute approximate surface area is 135 Å². The lowest BCUT2D eigenvalue weighted by Crippen LogP contribution is -2.28. The second-order valence-corrected chi connectivity index (χ2v) is 7.62. The van der Waals surface area contributed by atoms with Crippen LogP contribution in [0.2, 0.25) is 0 Å². The zero-order valence-corrected chi connectivity index (χ0v) is 14.2. The molecule has 0 unspecified atom stereocenters. The Morgan fingerprint density at radius 2 is 2.18 bits per heavy atom. The molecule has 124 valence electrons. The molecule has 1 aliphatic heterocycles. The number of hydrogen-bond donors (Lipinski definition) is 0. The zero-order valence-electron chi connectivity index (χ0n) is 13.4. The summed E-state index contributed by atoms with van der Waals surface area (Å²) in [5.41, 5.74) is 0.688. The predicted molar refractivity (Wildman–Crippen MR) is 86.0 cm³/mol. The van der Waals surface area contributed by atoms with Crippen molar-refractivity contribution in [2.24, 2.45) is 4.40 Å². The predicted octanol–water partition coefficient (Wildman–Crippen LogP) is 3.19. The first-order chi connectivity index (χ1) is 10.5. The SMILES string of the molecule is CC(C)(C)S/N=C/COCCCC1(c2ccon2)OCCO1. The molecule has 1 fully saturated rings. The van der Waals surface area contributed by atoms with Gasteiger partial charge in [0.2, 0.25) is 5.79 Å². The molecular weight excluding hydrogens is 304 g/mol. The zero-order chi connectivity index (χ0) is 15.9. The van der Waals surface area contributed by atoms with E-state index in [1.807, 2.05) is 0 Å². The minimum Gasteiger partial charge on any atom is -0.376 e. The van der Waals surface area contributed by atoms with Crippen molar-refractivity contribution in [2.75, 3.05) is 26.4 Å². The van der Waals surface area contributed by atoms with Crippen LogP contribution >= 0.6 is 11.9 Å². The molecule has 1 aromatic rings. The molecule has 0 radical (unpaired) electrons. The third kappa shape index (κ3) is 5.39. The molecule has 1 saturated heterocycles. The molecule has 1 aromatic heterocycles. The maximum Gasteiger partial charge on any atom is 0.215 e. The highest BCUT2D eigenvalue weighted by atomic mass is 32.2. The van der Waals surface area contributed by atoms with Crippen LogP contribution in [0.3, 0.4) is 0 Å². The van der Waals surface area contributed by atoms with Crippen LogP contribution in [-0.4, -0.2) is 42.5 Å². The van der Waals surface area contributed by atoms with Gasteiger partial charge >= 0.3 is 0 Å². The van der Waals surface area contributed by atoms with Crippen molar-refractivity contribution < 1.29 is 18.7 Å². The van der Waals surface area contributed by atoms with Gasteiger partial charge in [-0.3, -0.25) is 0 Å². The van der Waals surface area contributed by atoms with Gasteiger partial charge in [0.25, 0.3) is 0 Å². The molecule has 2 heterocycles. The maximum atomic E-state index is 5.74. The molecule has 0 aliphatic carbocycles. The summed E-state index contributed by atoms with van der Waals surface area (Å²) < 4.78 is 26.3. The van der Waals surface area contributed by atoms with E-state index in [4.69, 9.17) is 18.7 Å². The standard InChI is InChI=1S/C15H24N2O4S/c1-14(2,3)22-16-7-10-18-8-4-6-15(19-11-12-20-15)13-5-9-21-17-13/h5,7,9H,4,6,8,10-12H2,1-3H3/b16-7+. The summed E-state index contributed by atoms with van der Waals surface area (Å²) in [7, 11) is 0. The summed E-state index contributed by atoms with van der Waals surface area (Å²) >= 11 is 1.55. The fraction of sp³-hybridized carbons (Fsp3) is 0.733. The van der Waals surface area contributed by atoms with Crippen molar-refractivity contribution in [1.29, 1.82) is 0 Å². The highest BCUT2D eigenvalue weighted by Gasteiger charge is 2.40. The fourth-order valence-corrected chi connectivity index (χ4v) is 2.50. The topological polar surface area (TPSA) is 66.1 Å². The van der Waals surface area contributed by atoms with Crippen LogP contribution in [0.5, 0.6) is 0 Å². The number of nitrogens with zero attached hydrogens (tertiary/aromatic N) is 2. The third-order valence-corrected chi connectivity index (χ3v) is 3.77. The van der Waals surface area contributed by atoms with Crippen molar-refractivity contribution >= 4 is 18.2 Å². The van der Waals surface area contributed by atoms with E-state index < -0.39 is 5.79 Å². The van der Waals surface area contributed by atoms with Gasteiger partial charge in [-0.15, -0.1) is 0 Å². The number of hydrogen-bond acceptors (Lipinski definition) is 7. The van der Waals surface area contributed by atoms with Crippen LogP contribution < -0.4 is 0 Å². The molecule has 7 heteroatoms. The third-order valence-electron chi connectivity index (χ3n) is 2.97. The number of ether oxygens (including phenoxy) is 3. The Kier molecular flexibility index (Phi) is 6.43. The highest BCUT2D eigenvalue weighted by Crippen LogP contribution is 2.34. The van der Waals surface area contributed by atoms with Crippen LogP contribution in [0.4, 0.5) is 0 Å². The average Bonchev–Trinajstić information content (AvgIpc) is 3.11. The normalized spacial score (nSPS) is 18.3. The van der Waals surface area contributed by atoms with Crippen molar-refractivity contribution in [3.05, 3.63) is 18.0 Å². The Bertz CT molecular complexity index is 451. The summed E-state index contributed by atoms with van der Waals surface area (Å²) in [5, 5.41) is 3.94. The fourth-order valence-electron chi connectivity index (χ4n) is 2.05. The van der Waals surface area contributed by atoms with Crippen LogP contribution in [0.25, 0.3) is 0 Å². The molecule has 0 bridgehead atoms. The van der Waals surface area contributed by atoms with Crippen LogP contribution in [0, 0.1) is 0 Å².